The second-order valence-electron chi connectivity index (χ2n) is 15.9. The van der Waals surface area contributed by atoms with Crippen LogP contribution in [0.4, 0.5) is 24.5 Å². The molecule has 3 aromatic carbocycles. The molecule has 0 radical (unpaired) electrons. The standard InChI is InChI=1S/C44H42F3N7O5/c1-4-24-18-26-27(44(2,3)40-32(39(26)56)25-6-5-23(20-48)17-28(25)49-40)19-30(24)52-11-9-22(10-12-52)21-51-13-15-53(16-14-51)38-36(46)34-33(35(45)37(38)47)42(58)54(43(34)59)29-7-8-31(55)50-41(29)57/h5-6,17-19,22,29,49H,4,7-16,21H2,1-3H3,(H,50,55,57)/i13D2,14D2,15D2,16D2. The molecule has 4 amide bonds. The van der Waals surface area contributed by atoms with Crippen molar-refractivity contribution in [2.24, 2.45) is 5.92 Å². The summed E-state index contributed by atoms with van der Waals surface area (Å²) in [5, 5.41) is 12.1. The fourth-order valence-electron chi connectivity index (χ4n) is 9.04. The van der Waals surface area contributed by atoms with Gasteiger partial charge < -0.3 is 14.8 Å². The lowest BCUT2D eigenvalue weighted by atomic mass is 9.70. The molecule has 59 heavy (non-hydrogen) atoms. The first-order valence-electron chi connectivity index (χ1n) is 23.3. The van der Waals surface area contributed by atoms with Crippen molar-refractivity contribution < 1.29 is 48.1 Å². The third-order valence-electron chi connectivity index (χ3n) is 12.2. The summed E-state index contributed by atoms with van der Waals surface area (Å²) in [4.78, 5) is 70.7. The predicted octanol–water partition coefficient (Wildman–Crippen LogP) is 5.33. The quantitative estimate of drug-likeness (QED) is 0.195. The molecule has 3 saturated heterocycles. The van der Waals surface area contributed by atoms with E-state index in [0.717, 1.165) is 16.8 Å². The van der Waals surface area contributed by atoms with E-state index in [2.05, 4.69) is 16.0 Å². The molecule has 1 aliphatic carbocycles. The summed E-state index contributed by atoms with van der Waals surface area (Å²) >= 11 is 0. The third kappa shape index (κ3) is 5.93. The summed E-state index contributed by atoms with van der Waals surface area (Å²) < 4.78 is 121. The highest BCUT2D eigenvalue weighted by atomic mass is 19.2. The Labute approximate surface area is 349 Å². The van der Waals surface area contributed by atoms with Gasteiger partial charge in [-0.1, -0.05) is 26.8 Å². The molecule has 12 nitrogen and oxygen atoms in total. The van der Waals surface area contributed by atoms with E-state index in [9.17, 15) is 29.2 Å². The maximum Gasteiger partial charge on any atom is 0.265 e. The molecule has 5 heterocycles. The van der Waals surface area contributed by atoms with Crippen molar-refractivity contribution in [1.82, 2.24) is 20.1 Å². The van der Waals surface area contributed by atoms with E-state index in [4.69, 9.17) is 11.0 Å². The molecule has 1 atom stereocenters. The van der Waals surface area contributed by atoms with Gasteiger partial charge in [0.1, 0.15) is 11.7 Å². The number of nitriles is 1. The highest BCUT2D eigenvalue weighted by Crippen LogP contribution is 2.46. The Morgan fingerprint density at radius 3 is 2.24 bits per heavy atom. The zero-order chi connectivity index (χ0) is 48.8. The van der Waals surface area contributed by atoms with Gasteiger partial charge >= 0.3 is 0 Å². The second-order valence-corrected chi connectivity index (χ2v) is 15.9. The number of nitrogens with zero attached hydrogens (tertiary/aromatic N) is 5. The predicted molar refractivity (Wildman–Crippen MR) is 211 cm³/mol. The number of hydrogen-bond acceptors (Lipinski definition) is 9. The van der Waals surface area contributed by atoms with Crippen molar-refractivity contribution in [2.45, 2.75) is 64.3 Å². The topological polar surface area (TPSA) is 150 Å². The van der Waals surface area contributed by atoms with Crippen LogP contribution in [0.25, 0.3) is 10.9 Å². The van der Waals surface area contributed by atoms with Gasteiger partial charge in [-0.15, -0.1) is 0 Å². The summed E-state index contributed by atoms with van der Waals surface area (Å²) in [6.45, 7) is -9.02. The first-order valence-corrected chi connectivity index (χ1v) is 19.3. The number of nitrogens with one attached hydrogen (secondary N) is 2. The molecule has 1 aromatic heterocycles. The molecule has 1 unspecified atom stereocenters. The average molecular weight is 814 g/mol. The van der Waals surface area contributed by atoms with Crippen LogP contribution in [-0.2, 0) is 21.4 Å². The molecular formula is C44H42F3N7O5. The maximum absolute atomic E-state index is 16.7. The highest BCUT2D eigenvalue weighted by molar-refractivity contribution is 6.24. The molecule has 304 valence electrons. The Balaban J connectivity index is 0.991. The van der Waals surface area contributed by atoms with Crippen LogP contribution in [0.5, 0.6) is 0 Å². The fourth-order valence-corrected chi connectivity index (χ4v) is 9.04. The number of H-pyrrole nitrogens is 1. The minimum absolute atomic E-state index is 0.107. The molecule has 0 saturated carbocycles. The summed E-state index contributed by atoms with van der Waals surface area (Å²) in [6.07, 6.45) is 0.269. The van der Waals surface area contributed by atoms with Gasteiger partial charge in [0.2, 0.25) is 11.8 Å². The Hall–Kier alpha value is -6.01. The van der Waals surface area contributed by atoms with E-state index < -0.39 is 119 Å². The van der Waals surface area contributed by atoms with E-state index >= 15 is 13.2 Å². The molecule has 0 spiro atoms. The van der Waals surface area contributed by atoms with Crippen LogP contribution < -0.4 is 15.1 Å². The number of piperidine rings is 2. The number of aryl methyl sites for hydroxylation is 1. The zero-order valence-electron chi connectivity index (χ0n) is 40.1. The van der Waals surface area contributed by atoms with E-state index in [-0.39, 0.29) is 29.9 Å². The lowest BCUT2D eigenvalue weighted by molar-refractivity contribution is -0.136. The maximum atomic E-state index is 16.7. The zero-order valence-corrected chi connectivity index (χ0v) is 32.1. The van der Waals surface area contributed by atoms with Gasteiger partial charge in [0.25, 0.3) is 11.8 Å². The second kappa shape index (κ2) is 14.1. The van der Waals surface area contributed by atoms with Crippen LogP contribution >= 0.6 is 0 Å². The summed E-state index contributed by atoms with van der Waals surface area (Å²) in [6, 6.07) is 9.38. The van der Waals surface area contributed by atoms with E-state index in [0.29, 0.717) is 57.7 Å². The van der Waals surface area contributed by atoms with Crippen LogP contribution in [0.3, 0.4) is 0 Å². The molecule has 4 aliphatic heterocycles. The minimum Gasteiger partial charge on any atom is -0.371 e. The van der Waals surface area contributed by atoms with Crippen molar-refractivity contribution in [3.05, 3.63) is 92.4 Å². The van der Waals surface area contributed by atoms with Crippen LogP contribution in [0, 0.1) is 34.7 Å². The van der Waals surface area contributed by atoms with Gasteiger partial charge in [-0.2, -0.15) is 5.26 Å². The average Bonchev–Trinajstić information content (AvgIpc) is 3.79. The molecular weight excluding hydrogens is 764 g/mol. The van der Waals surface area contributed by atoms with Gasteiger partial charge in [0.15, 0.2) is 23.2 Å². The number of rotatable bonds is 6. The largest absolute Gasteiger partial charge is 0.371 e. The van der Waals surface area contributed by atoms with Crippen molar-refractivity contribution in [1.29, 1.82) is 5.26 Å². The molecule has 3 fully saturated rings. The summed E-state index contributed by atoms with van der Waals surface area (Å²) in [5.41, 5.74) is -0.292. The number of carbonyl (C=O) groups is 5. The number of fused-ring (bicyclic) bond motifs is 5. The number of benzene rings is 3. The van der Waals surface area contributed by atoms with Crippen molar-refractivity contribution in [3.8, 4) is 6.07 Å². The normalized spacial score (nSPS) is 26.3. The Bertz CT molecular complexity index is 2940. The first-order chi connectivity index (χ1) is 31.2. The Morgan fingerprint density at radius 2 is 1.58 bits per heavy atom. The number of halogens is 3. The molecule has 15 heteroatoms. The number of hydrogen-bond donors (Lipinski definition) is 2. The van der Waals surface area contributed by atoms with Crippen LogP contribution in [0.2, 0.25) is 0 Å². The van der Waals surface area contributed by atoms with Crippen LogP contribution in [0.15, 0.2) is 30.3 Å². The van der Waals surface area contributed by atoms with Crippen molar-refractivity contribution >= 4 is 51.7 Å². The number of piperazine rings is 1. The van der Waals surface area contributed by atoms with E-state index in [1.54, 1.807) is 18.2 Å². The Morgan fingerprint density at radius 1 is 0.881 bits per heavy atom. The first kappa shape index (κ1) is 30.1. The monoisotopic (exact) mass is 813 g/mol. The minimum atomic E-state index is -3.91. The van der Waals surface area contributed by atoms with Gasteiger partial charge in [-0.3, -0.25) is 39.1 Å². The van der Waals surface area contributed by atoms with Gasteiger partial charge in [0, 0.05) is 90.8 Å². The van der Waals surface area contributed by atoms with Crippen molar-refractivity contribution in [2.75, 3.05) is 55.4 Å². The number of aromatic nitrogens is 1. The summed E-state index contributed by atoms with van der Waals surface area (Å²) in [7, 11) is 0. The lowest BCUT2D eigenvalue weighted by Gasteiger charge is -2.41. The molecule has 0 bridgehead atoms. The number of imide groups is 2. The lowest BCUT2D eigenvalue weighted by Crippen LogP contribution is -2.54. The van der Waals surface area contributed by atoms with E-state index in [1.165, 1.54) is 0 Å². The summed E-state index contributed by atoms with van der Waals surface area (Å²) in [5.74, 6) is -12.9. The van der Waals surface area contributed by atoms with Crippen molar-refractivity contribution in [3.63, 3.8) is 0 Å². The SMILES string of the molecule is [2H]C1([2H])N(CC2CCN(c3cc4c(cc3CC)C(=O)c3c([nH]c5cc(C#N)ccc35)C4(C)C)CC2)C([2H])([2H])C([2H])([2H])N(c2c(F)c(F)c3c(c2F)C(=O)N(C2CCC(=O)NC2=O)C3=O)C1([2H])[2H]. The molecule has 5 aliphatic rings. The third-order valence-corrected chi connectivity index (χ3v) is 12.2. The van der Waals surface area contributed by atoms with Gasteiger partial charge in [-0.25, -0.2) is 13.2 Å². The van der Waals surface area contributed by atoms with E-state index in [1.807, 2.05) is 38.2 Å². The van der Waals surface area contributed by atoms with Crippen LogP contribution in [0.1, 0.15) is 116 Å². The van der Waals surface area contributed by atoms with Gasteiger partial charge in [0.05, 0.1) is 33.8 Å². The molecule has 2 N–H and O–H groups in total. The molecule has 4 aromatic rings. The van der Waals surface area contributed by atoms with Crippen LogP contribution in [-0.4, -0.2) is 95.9 Å². The molecule has 9 rings (SSSR count). The number of anilines is 2. The number of aromatic amines is 1. The Kier molecular flexibility index (Phi) is 7.18. The number of carbonyl (C=O) groups excluding carboxylic acids is 5. The number of ketones is 1. The van der Waals surface area contributed by atoms with Gasteiger partial charge in [-0.05, 0) is 67.0 Å². The smallest absolute Gasteiger partial charge is 0.265 e. The fraction of sp³-hybridized carbons (Fsp3) is 0.409. The number of amides is 4. The highest BCUT2D eigenvalue weighted by Gasteiger charge is 2.50.